The molecule has 580 valence electrons. The number of hydrogen-bond donors (Lipinski definition) is 23. The van der Waals surface area contributed by atoms with E-state index in [2.05, 4.69) is 52.8 Å². The van der Waals surface area contributed by atoms with Crippen LogP contribution in [0.15, 0.2) is 30.5 Å². The number of aliphatic hydroxyl groups is 3. The number of para-hydroxylation sites is 1. The summed E-state index contributed by atoms with van der Waals surface area (Å²) in [6.45, 7) is 2.59. The maximum atomic E-state index is 14.1. The number of aliphatic hydroxyl groups excluding tert-OH is 3. The molecular formula is C62H90N16O27. The van der Waals surface area contributed by atoms with Gasteiger partial charge in [0.05, 0.1) is 58.1 Å². The fourth-order valence-corrected chi connectivity index (χ4v) is 10.4. The molecule has 43 nitrogen and oxygen atoms in total. The second-order valence-electron chi connectivity index (χ2n) is 25.1. The van der Waals surface area contributed by atoms with Crippen molar-refractivity contribution in [2.75, 3.05) is 32.9 Å². The maximum Gasteiger partial charge on any atom is 0.326 e. The number of hydrogen-bond acceptors (Lipinski definition) is 23. The zero-order valence-corrected chi connectivity index (χ0v) is 57.6. The minimum absolute atomic E-state index is 0.0172. The van der Waals surface area contributed by atoms with Crippen LogP contribution in [0.1, 0.15) is 98.0 Å². The third kappa shape index (κ3) is 28.7. The Balaban J connectivity index is 1.74. The number of aromatic nitrogens is 1. The van der Waals surface area contributed by atoms with Crippen molar-refractivity contribution in [1.82, 2.24) is 73.7 Å². The van der Waals surface area contributed by atoms with Gasteiger partial charge in [0.25, 0.3) is 0 Å². The first-order valence-corrected chi connectivity index (χ1v) is 32.6. The quantitative estimate of drug-likeness (QED) is 0.0293. The molecule has 3 rings (SSSR count). The van der Waals surface area contributed by atoms with Gasteiger partial charge in [0, 0.05) is 36.5 Å². The van der Waals surface area contributed by atoms with Crippen molar-refractivity contribution in [3.8, 4) is 0 Å². The minimum atomic E-state index is -2.08. The van der Waals surface area contributed by atoms with E-state index >= 15 is 0 Å². The van der Waals surface area contributed by atoms with E-state index < -0.39 is 268 Å². The van der Waals surface area contributed by atoms with E-state index in [1.807, 2.05) is 16.0 Å². The van der Waals surface area contributed by atoms with Crippen molar-refractivity contribution < 1.29 is 132 Å². The van der Waals surface area contributed by atoms with Crippen LogP contribution in [0.4, 0.5) is 0 Å². The Morgan fingerprint density at radius 3 is 1.51 bits per heavy atom. The zero-order valence-electron chi connectivity index (χ0n) is 57.6. The van der Waals surface area contributed by atoms with Crippen molar-refractivity contribution >= 4 is 123 Å². The molecule has 0 bridgehead atoms. The van der Waals surface area contributed by atoms with Gasteiger partial charge in [-0.15, -0.1) is 0 Å². The number of nitrogens with one attached hydrogen (secondary N) is 13. The van der Waals surface area contributed by atoms with Gasteiger partial charge in [-0.25, -0.2) is 4.79 Å². The van der Waals surface area contributed by atoms with Crippen LogP contribution in [0.5, 0.6) is 0 Å². The molecule has 14 amide bonds. The first-order valence-electron chi connectivity index (χ1n) is 32.6. The van der Waals surface area contributed by atoms with Crippen LogP contribution in [0.2, 0.25) is 0 Å². The highest BCUT2D eigenvalue weighted by atomic mass is 16.4. The molecule has 1 aromatic heterocycles. The number of amides is 14. The molecule has 2 heterocycles. The van der Waals surface area contributed by atoms with Gasteiger partial charge in [-0.2, -0.15) is 0 Å². The van der Waals surface area contributed by atoms with Gasteiger partial charge >= 0.3 is 29.8 Å². The number of aromatic amines is 1. The normalized spacial score (nSPS) is 16.0. The fourth-order valence-electron chi connectivity index (χ4n) is 10.4. The lowest BCUT2D eigenvalue weighted by molar-refractivity contribution is -0.144. The number of rotatable bonds is 45. The topological polar surface area (TPSA) is 702 Å². The summed E-state index contributed by atoms with van der Waals surface area (Å²) in [5.41, 5.74) is 12.0. The molecule has 0 saturated carbocycles. The second kappa shape index (κ2) is 42.2. The lowest BCUT2D eigenvalue weighted by atomic mass is 10.0. The molecule has 1 aromatic carbocycles. The van der Waals surface area contributed by atoms with E-state index in [9.17, 15) is 122 Å². The van der Waals surface area contributed by atoms with Gasteiger partial charge in [-0.1, -0.05) is 45.9 Å². The van der Waals surface area contributed by atoms with Crippen molar-refractivity contribution in [1.29, 1.82) is 0 Å². The molecule has 1 fully saturated rings. The molecule has 0 unspecified atom stereocenters. The summed E-state index contributed by atoms with van der Waals surface area (Å²) in [4.78, 5) is 250. The molecule has 25 N–H and O–H groups in total. The van der Waals surface area contributed by atoms with E-state index in [0.717, 1.165) is 11.8 Å². The predicted octanol–water partition coefficient (Wildman–Crippen LogP) is -9.57. The van der Waals surface area contributed by atoms with Crippen LogP contribution < -0.4 is 75.3 Å². The van der Waals surface area contributed by atoms with Crippen LogP contribution in [0.3, 0.4) is 0 Å². The molecular weight excluding hydrogens is 1400 g/mol. The lowest BCUT2D eigenvalue weighted by Crippen LogP contribution is -2.61. The number of nitrogens with two attached hydrogens (primary N) is 2. The van der Waals surface area contributed by atoms with Gasteiger partial charge < -0.3 is 126 Å². The van der Waals surface area contributed by atoms with E-state index in [0.29, 0.717) is 16.5 Å². The monoisotopic (exact) mass is 1490 g/mol. The molecule has 43 heteroatoms. The summed E-state index contributed by atoms with van der Waals surface area (Å²) in [6.07, 6.45) is -4.00. The van der Waals surface area contributed by atoms with E-state index in [-0.39, 0.29) is 31.7 Å². The molecule has 1 aliphatic heterocycles. The number of aliphatic carboxylic acids is 5. The molecule has 2 aromatic rings. The Morgan fingerprint density at radius 1 is 0.514 bits per heavy atom. The molecule has 1 saturated heterocycles. The number of fused-ring (bicyclic) bond motifs is 1. The number of nitrogens with zero attached hydrogens (tertiary/aromatic N) is 1. The van der Waals surface area contributed by atoms with Gasteiger partial charge in [-0.3, -0.25) is 86.3 Å². The van der Waals surface area contributed by atoms with Gasteiger partial charge in [0.2, 0.25) is 82.7 Å². The number of H-pyrrole nitrogens is 1. The van der Waals surface area contributed by atoms with E-state index in [4.69, 9.17) is 21.7 Å². The number of carboxylic acids is 5. The molecule has 0 radical (unpaired) electrons. The number of carboxylic acid groups (broad SMARTS) is 5. The number of benzene rings is 1. The predicted molar refractivity (Wildman–Crippen MR) is 355 cm³/mol. The first kappa shape index (κ1) is 87.7. The van der Waals surface area contributed by atoms with E-state index in [1.54, 1.807) is 38.1 Å². The molecule has 1 aliphatic rings. The zero-order chi connectivity index (χ0) is 79.3. The molecule has 105 heavy (non-hydrogen) atoms. The Bertz CT molecular complexity index is 3550. The van der Waals surface area contributed by atoms with Crippen LogP contribution in [0.25, 0.3) is 10.9 Å². The maximum absolute atomic E-state index is 14.1. The largest absolute Gasteiger partial charge is 0.481 e. The standard InChI is InChI=1S/C62H90N16O27/c1-26(2)15-38(73-51(93)31(63)17-46(86)87)61(103)78-14-8-11-42(78)59(101)71-36(19-47(88)89)53(95)67-28(5)50(92)74-41(25-81)58(100)77-49(27(3)4)60(102)72-35(18-43(64)82)52(94)66-22-44(83)68-34(16-29-21-65-32-10-7-6-9-30(29)32)54(96)75-40(24-80)57(99)76-39(23-79)56(98)70-37(20-48(90)91)55(97)69-33(62(104)105)12-13-45(84)85/h6-7,9-10,21,26-28,31,33-42,49,65,79-81H,8,11-20,22-25,63H2,1-5H3,(H2,64,82)(H,66,94)(H,67,95)(H,68,83)(H,69,97)(H,70,98)(H,71,101)(H,72,102)(H,73,93)(H,74,92)(H,75,96)(H,76,99)(H,77,100)(H,84,85)(H,86,87)(H,88,89)(H,90,91)(H,104,105)/t28-,31-,33-,34-,35-,36-,37-,38-,39-,40-,41-,42-,49-/m0/s1. The van der Waals surface area contributed by atoms with Crippen molar-refractivity contribution in [3.63, 3.8) is 0 Å². The number of likely N-dealkylation sites (tertiary alicyclic amines) is 1. The van der Waals surface area contributed by atoms with Gasteiger partial charge in [0.15, 0.2) is 0 Å². The third-order valence-electron chi connectivity index (χ3n) is 15.8. The summed E-state index contributed by atoms with van der Waals surface area (Å²) < 4.78 is 0. The highest BCUT2D eigenvalue weighted by Crippen LogP contribution is 2.22. The average Bonchev–Trinajstić information content (AvgIpc) is 1.45. The minimum Gasteiger partial charge on any atom is -0.481 e. The van der Waals surface area contributed by atoms with Crippen molar-refractivity contribution in [2.24, 2.45) is 23.3 Å². The molecule has 13 atom stereocenters. The summed E-state index contributed by atoms with van der Waals surface area (Å²) in [7, 11) is 0. The van der Waals surface area contributed by atoms with Crippen LogP contribution in [-0.4, -0.2) is 275 Å². The first-order chi connectivity index (χ1) is 49.2. The Labute approximate surface area is 596 Å². The summed E-state index contributed by atoms with van der Waals surface area (Å²) in [6, 6.07) is -16.3. The number of carbonyl (C=O) groups excluding carboxylic acids is 14. The van der Waals surface area contributed by atoms with Crippen LogP contribution in [0, 0.1) is 11.8 Å². The molecule has 0 aliphatic carbocycles. The summed E-state index contributed by atoms with van der Waals surface area (Å²) >= 11 is 0. The SMILES string of the molecule is CC(C)C[C@H](NC(=O)[C@@H](N)CC(=O)O)C(=O)N1CCC[C@H]1C(=O)N[C@@H](CC(=O)O)C(=O)N[C@@H](C)C(=O)N[C@@H](CO)C(=O)N[C@H](C(=O)N[C@@H](CC(N)=O)C(=O)NCC(=O)N[C@@H](Cc1c[nH]c2ccccc12)C(=O)N[C@@H](CO)C(=O)N[C@@H](CO)C(=O)N[C@@H](CC(=O)O)C(=O)N[C@@H](CCC(=O)O)C(=O)O)C(C)C. The Kier molecular flexibility index (Phi) is 35.3. The lowest BCUT2D eigenvalue weighted by Gasteiger charge is -2.31. The fraction of sp³-hybridized carbons (Fsp3) is 0.565. The van der Waals surface area contributed by atoms with Crippen molar-refractivity contribution in [2.45, 2.75) is 177 Å². The van der Waals surface area contributed by atoms with Crippen LogP contribution in [-0.2, 0) is 97.5 Å². The Hall–Kier alpha value is -11.5. The molecule has 0 spiro atoms. The van der Waals surface area contributed by atoms with E-state index in [1.165, 1.54) is 20.0 Å². The summed E-state index contributed by atoms with van der Waals surface area (Å²) in [5.74, 6) is -25.6. The highest BCUT2D eigenvalue weighted by molar-refractivity contribution is 6.01. The second-order valence-corrected chi connectivity index (χ2v) is 25.1. The smallest absolute Gasteiger partial charge is 0.326 e. The third-order valence-corrected chi connectivity index (χ3v) is 15.8. The van der Waals surface area contributed by atoms with Crippen molar-refractivity contribution in [3.05, 3.63) is 36.0 Å². The highest BCUT2D eigenvalue weighted by Gasteiger charge is 2.42. The average molecular weight is 1490 g/mol. The van der Waals surface area contributed by atoms with Gasteiger partial charge in [-0.05, 0) is 56.1 Å². The van der Waals surface area contributed by atoms with Gasteiger partial charge in [0.1, 0.15) is 72.5 Å². The Morgan fingerprint density at radius 2 is 0.990 bits per heavy atom. The van der Waals surface area contributed by atoms with Crippen LogP contribution >= 0.6 is 0 Å². The number of primary amides is 1. The summed E-state index contributed by atoms with van der Waals surface area (Å²) in [5, 5.41) is 104. The number of carbonyl (C=O) groups is 19.